The smallest absolute Gasteiger partial charge is 0.251 e. The Morgan fingerprint density at radius 3 is 2.46 bits per heavy atom. The molecule has 1 heterocycles. The number of hydrogen-bond donors (Lipinski definition) is 2. The summed E-state index contributed by atoms with van der Waals surface area (Å²) < 4.78 is 1.75. The number of nitrogens with one attached hydrogen (secondary N) is 2. The summed E-state index contributed by atoms with van der Waals surface area (Å²) in [6.07, 6.45) is 6.80. The van der Waals surface area contributed by atoms with E-state index in [1.54, 1.807) is 23.0 Å². The van der Waals surface area contributed by atoms with Crippen molar-refractivity contribution in [1.29, 1.82) is 0 Å². The topological polar surface area (TPSA) is 76.0 Å². The highest BCUT2D eigenvalue weighted by atomic mass is 16.2. The molecular weight excluding hydrogens is 328 g/mol. The highest BCUT2D eigenvalue weighted by Crippen LogP contribution is 2.26. The average molecular weight is 354 g/mol. The van der Waals surface area contributed by atoms with Crippen molar-refractivity contribution in [2.45, 2.75) is 52.1 Å². The van der Waals surface area contributed by atoms with Gasteiger partial charge in [0.25, 0.3) is 5.91 Å². The fraction of sp³-hybridized carbons (Fsp3) is 0.450. The summed E-state index contributed by atoms with van der Waals surface area (Å²) in [5.74, 6) is 0.235. The van der Waals surface area contributed by atoms with Gasteiger partial charge in [-0.05, 0) is 57.9 Å². The van der Waals surface area contributed by atoms with E-state index >= 15 is 0 Å². The third kappa shape index (κ3) is 4.50. The molecule has 0 unspecified atom stereocenters. The van der Waals surface area contributed by atoms with E-state index in [1.807, 2.05) is 39.1 Å². The molecule has 2 N–H and O–H groups in total. The molecule has 6 nitrogen and oxygen atoms in total. The van der Waals surface area contributed by atoms with Gasteiger partial charge in [-0.2, -0.15) is 5.10 Å². The number of amides is 2. The number of carbonyl (C=O) groups excluding carboxylic acids is 2. The fourth-order valence-corrected chi connectivity index (χ4v) is 2.77. The zero-order valence-electron chi connectivity index (χ0n) is 15.6. The van der Waals surface area contributed by atoms with Gasteiger partial charge in [0.05, 0.1) is 11.9 Å². The van der Waals surface area contributed by atoms with Crippen LogP contribution < -0.4 is 10.6 Å². The van der Waals surface area contributed by atoms with Crippen molar-refractivity contribution < 1.29 is 9.59 Å². The first-order valence-electron chi connectivity index (χ1n) is 9.06. The van der Waals surface area contributed by atoms with Crippen LogP contribution in [0.15, 0.2) is 36.7 Å². The molecule has 0 saturated heterocycles. The molecule has 0 aliphatic heterocycles. The first-order valence-corrected chi connectivity index (χ1v) is 9.06. The predicted molar refractivity (Wildman–Crippen MR) is 100.0 cm³/mol. The van der Waals surface area contributed by atoms with E-state index in [-0.39, 0.29) is 23.3 Å². The molecule has 0 bridgehead atoms. The van der Waals surface area contributed by atoms with Crippen LogP contribution in [0.25, 0.3) is 5.69 Å². The van der Waals surface area contributed by atoms with Crippen LogP contribution in [0.2, 0.25) is 0 Å². The second kappa shape index (κ2) is 7.32. The Balaban J connectivity index is 1.60. The zero-order chi connectivity index (χ0) is 18.7. The number of hydrogen-bond acceptors (Lipinski definition) is 3. The van der Waals surface area contributed by atoms with Crippen molar-refractivity contribution in [3.05, 3.63) is 47.8 Å². The Morgan fingerprint density at radius 2 is 1.88 bits per heavy atom. The quantitative estimate of drug-likeness (QED) is 0.867. The van der Waals surface area contributed by atoms with Crippen molar-refractivity contribution in [2.75, 3.05) is 0 Å². The molecule has 138 valence electrons. The number of aromatic nitrogens is 2. The van der Waals surface area contributed by atoms with Crippen molar-refractivity contribution >= 4 is 11.8 Å². The van der Waals surface area contributed by atoms with Crippen LogP contribution in [-0.2, 0) is 11.3 Å². The molecule has 2 amide bonds. The molecule has 1 aliphatic carbocycles. The fourth-order valence-electron chi connectivity index (χ4n) is 2.77. The van der Waals surface area contributed by atoms with E-state index in [1.165, 1.54) is 0 Å². The largest absolute Gasteiger partial charge is 0.352 e. The summed E-state index contributed by atoms with van der Waals surface area (Å²) in [5, 5.41) is 10.3. The monoisotopic (exact) mass is 354 g/mol. The van der Waals surface area contributed by atoms with Gasteiger partial charge in [-0.3, -0.25) is 9.59 Å². The Labute approximate surface area is 154 Å². The van der Waals surface area contributed by atoms with Crippen molar-refractivity contribution in [3.63, 3.8) is 0 Å². The third-order valence-electron chi connectivity index (χ3n) is 4.46. The number of carbonyl (C=O) groups is 2. The Bertz CT molecular complexity index is 783. The molecule has 3 rings (SSSR count). The van der Waals surface area contributed by atoms with Crippen LogP contribution in [0.3, 0.4) is 0 Å². The van der Waals surface area contributed by atoms with E-state index in [9.17, 15) is 9.59 Å². The predicted octanol–water partition coefficient (Wildman–Crippen LogP) is 2.82. The van der Waals surface area contributed by atoms with Crippen LogP contribution in [0.4, 0.5) is 0 Å². The van der Waals surface area contributed by atoms with Gasteiger partial charge in [0.1, 0.15) is 0 Å². The average Bonchev–Trinajstić information content (AvgIpc) is 2.99. The van der Waals surface area contributed by atoms with Gasteiger partial charge in [0.2, 0.25) is 5.91 Å². The number of nitrogens with zero attached hydrogens (tertiary/aromatic N) is 2. The van der Waals surface area contributed by atoms with E-state index in [0.29, 0.717) is 12.1 Å². The minimum atomic E-state index is -0.267. The first-order chi connectivity index (χ1) is 12.3. The van der Waals surface area contributed by atoms with Crippen LogP contribution in [0, 0.1) is 5.92 Å². The van der Waals surface area contributed by atoms with Crippen LogP contribution in [0.1, 0.15) is 56.0 Å². The lowest BCUT2D eigenvalue weighted by Gasteiger charge is -2.23. The molecule has 0 spiro atoms. The number of rotatable bonds is 5. The second-order valence-corrected chi connectivity index (χ2v) is 7.89. The van der Waals surface area contributed by atoms with Crippen LogP contribution >= 0.6 is 0 Å². The minimum absolute atomic E-state index is 0.0936. The maximum atomic E-state index is 12.2. The first kappa shape index (κ1) is 18.2. The molecule has 1 saturated carbocycles. The van der Waals surface area contributed by atoms with Crippen molar-refractivity contribution in [3.8, 4) is 5.69 Å². The summed E-state index contributed by atoms with van der Waals surface area (Å²) in [5.41, 5.74) is 2.17. The molecule has 1 aromatic carbocycles. The standard InChI is InChI=1S/C20H26N4O2/c1-20(2,3)23-19(26)16-7-9-17(10-8-16)24-13-14(12-22-24)11-21-18(25)15-5-4-6-15/h7-10,12-13,15H,4-6,11H2,1-3H3,(H,21,25)(H,23,26). The highest BCUT2D eigenvalue weighted by Gasteiger charge is 2.24. The molecule has 2 aromatic rings. The van der Waals surface area contributed by atoms with E-state index in [0.717, 1.165) is 30.5 Å². The molecular formula is C20H26N4O2. The molecule has 1 aromatic heterocycles. The van der Waals surface area contributed by atoms with E-state index in [4.69, 9.17) is 0 Å². The maximum absolute atomic E-state index is 12.2. The lowest BCUT2D eigenvalue weighted by Crippen LogP contribution is -2.40. The summed E-state index contributed by atoms with van der Waals surface area (Å²) in [7, 11) is 0. The van der Waals surface area contributed by atoms with Crippen molar-refractivity contribution in [2.24, 2.45) is 5.92 Å². The Hall–Kier alpha value is -2.63. The van der Waals surface area contributed by atoms with Crippen molar-refractivity contribution in [1.82, 2.24) is 20.4 Å². The number of benzene rings is 1. The summed E-state index contributed by atoms with van der Waals surface area (Å²) >= 11 is 0. The zero-order valence-corrected chi connectivity index (χ0v) is 15.6. The summed E-state index contributed by atoms with van der Waals surface area (Å²) in [4.78, 5) is 24.1. The van der Waals surface area contributed by atoms with Gasteiger partial charge in [-0.15, -0.1) is 0 Å². The molecule has 1 aliphatic rings. The summed E-state index contributed by atoms with van der Waals surface area (Å²) in [6, 6.07) is 7.30. The van der Waals surface area contributed by atoms with Crippen LogP contribution in [0.5, 0.6) is 0 Å². The molecule has 6 heteroatoms. The molecule has 0 radical (unpaired) electrons. The Morgan fingerprint density at radius 1 is 1.19 bits per heavy atom. The van der Waals surface area contributed by atoms with Gasteiger partial charge in [-0.25, -0.2) is 4.68 Å². The lowest BCUT2D eigenvalue weighted by molar-refractivity contribution is -0.127. The van der Waals surface area contributed by atoms with Gasteiger partial charge < -0.3 is 10.6 Å². The normalized spacial score (nSPS) is 14.6. The third-order valence-corrected chi connectivity index (χ3v) is 4.46. The second-order valence-electron chi connectivity index (χ2n) is 7.89. The lowest BCUT2D eigenvalue weighted by atomic mass is 9.85. The van der Waals surface area contributed by atoms with Crippen LogP contribution in [-0.4, -0.2) is 27.1 Å². The van der Waals surface area contributed by atoms with Gasteiger partial charge in [0, 0.05) is 35.3 Å². The van der Waals surface area contributed by atoms with Gasteiger partial charge >= 0.3 is 0 Å². The molecule has 0 atom stereocenters. The van der Waals surface area contributed by atoms with Gasteiger partial charge in [-0.1, -0.05) is 6.42 Å². The van der Waals surface area contributed by atoms with Gasteiger partial charge in [0.15, 0.2) is 0 Å². The molecule has 26 heavy (non-hydrogen) atoms. The Kier molecular flexibility index (Phi) is 5.11. The SMILES string of the molecule is CC(C)(C)NC(=O)c1ccc(-n2cc(CNC(=O)C3CCC3)cn2)cc1. The molecule has 1 fully saturated rings. The maximum Gasteiger partial charge on any atom is 0.251 e. The summed E-state index contributed by atoms with van der Waals surface area (Å²) in [6.45, 7) is 6.35. The van der Waals surface area contributed by atoms with E-state index < -0.39 is 0 Å². The highest BCUT2D eigenvalue weighted by molar-refractivity contribution is 5.94. The van der Waals surface area contributed by atoms with E-state index in [2.05, 4.69) is 15.7 Å². The minimum Gasteiger partial charge on any atom is -0.352 e.